The van der Waals surface area contributed by atoms with Gasteiger partial charge in [0.15, 0.2) is 5.76 Å². The molecule has 0 radical (unpaired) electrons. The summed E-state index contributed by atoms with van der Waals surface area (Å²) in [6.45, 7) is 2.69. The number of furan rings is 1. The van der Waals surface area contributed by atoms with Gasteiger partial charge < -0.3 is 14.1 Å². The van der Waals surface area contributed by atoms with Gasteiger partial charge >= 0.3 is 0 Å². The fraction of sp³-hybridized carbons (Fsp3) is 0.190. The van der Waals surface area contributed by atoms with E-state index in [4.69, 9.17) is 9.15 Å². The van der Waals surface area contributed by atoms with Crippen LogP contribution in [-0.2, 0) is 13.2 Å². The van der Waals surface area contributed by atoms with Crippen LogP contribution in [-0.4, -0.2) is 17.9 Å². The minimum atomic E-state index is -0.320. The first-order valence-corrected chi connectivity index (χ1v) is 8.30. The number of nitrogens with zero attached hydrogens (tertiary/aromatic N) is 1. The first kappa shape index (κ1) is 17.7. The van der Waals surface area contributed by atoms with Crippen molar-refractivity contribution in [2.45, 2.75) is 20.1 Å². The summed E-state index contributed by atoms with van der Waals surface area (Å²) in [6.07, 6.45) is 0. The van der Waals surface area contributed by atoms with Crippen molar-refractivity contribution in [1.29, 1.82) is 0 Å². The minimum Gasteiger partial charge on any atom is -0.486 e. The van der Waals surface area contributed by atoms with Gasteiger partial charge in [-0.3, -0.25) is 4.79 Å². The second kappa shape index (κ2) is 7.87. The van der Waals surface area contributed by atoms with Crippen LogP contribution < -0.4 is 4.74 Å². The van der Waals surface area contributed by atoms with Crippen molar-refractivity contribution in [1.82, 2.24) is 4.90 Å². The maximum Gasteiger partial charge on any atom is 0.289 e. The van der Waals surface area contributed by atoms with Crippen molar-refractivity contribution in [3.8, 4) is 5.75 Å². The Morgan fingerprint density at radius 2 is 1.81 bits per heavy atom. The number of ether oxygens (including phenoxy) is 1. The predicted molar refractivity (Wildman–Crippen MR) is 96.4 cm³/mol. The fourth-order valence-electron chi connectivity index (χ4n) is 2.56. The van der Waals surface area contributed by atoms with Crippen LogP contribution in [0.5, 0.6) is 5.75 Å². The monoisotopic (exact) mass is 353 g/mol. The van der Waals surface area contributed by atoms with Gasteiger partial charge in [0, 0.05) is 13.6 Å². The van der Waals surface area contributed by atoms with Gasteiger partial charge in [-0.15, -0.1) is 0 Å². The van der Waals surface area contributed by atoms with Gasteiger partial charge in [-0.2, -0.15) is 0 Å². The number of hydrogen-bond donors (Lipinski definition) is 0. The second-order valence-electron chi connectivity index (χ2n) is 6.10. The molecule has 0 unspecified atom stereocenters. The predicted octanol–water partition coefficient (Wildman–Crippen LogP) is 4.58. The van der Waals surface area contributed by atoms with Crippen LogP contribution in [0.2, 0.25) is 0 Å². The summed E-state index contributed by atoms with van der Waals surface area (Å²) < 4.78 is 24.0. The van der Waals surface area contributed by atoms with Gasteiger partial charge in [0.05, 0.1) is 0 Å². The lowest BCUT2D eigenvalue weighted by molar-refractivity contribution is 0.0749. The highest BCUT2D eigenvalue weighted by molar-refractivity contribution is 5.91. The SMILES string of the molecule is Cc1ccccc1CN(C)C(=O)c1ccc(COc2ccc(F)cc2)o1. The smallest absolute Gasteiger partial charge is 0.289 e. The number of halogens is 1. The van der Waals surface area contributed by atoms with E-state index in [2.05, 4.69) is 0 Å². The Balaban J connectivity index is 1.60. The van der Waals surface area contributed by atoms with E-state index in [1.54, 1.807) is 36.2 Å². The Labute approximate surface area is 151 Å². The third-order valence-electron chi connectivity index (χ3n) is 4.08. The van der Waals surface area contributed by atoms with Crippen LogP contribution in [0.4, 0.5) is 4.39 Å². The number of rotatable bonds is 6. The molecule has 26 heavy (non-hydrogen) atoms. The summed E-state index contributed by atoms with van der Waals surface area (Å²) in [7, 11) is 1.74. The number of benzene rings is 2. The number of carbonyl (C=O) groups is 1. The van der Waals surface area contributed by atoms with Crippen molar-refractivity contribution in [3.63, 3.8) is 0 Å². The molecule has 4 nitrogen and oxygen atoms in total. The quantitative estimate of drug-likeness (QED) is 0.651. The molecule has 0 aliphatic rings. The maximum absolute atomic E-state index is 12.9. The molecule has 5 heteroatoms. The molecule has 3 aromatic rings. The lowest BCUT2D eigenvalue weighted by Crippen LogP contribution is -2.26. The Morgan fingerprint density at radius 1 is 1.08 bits per heavy atom. The highest BCUT2D eigenvalue weighted by Gasteiger charge is 2.17. The molecule has 1 heterocycles. The van der Waals surface area contributed by atoms with Gasteiger partial charge in [0.1, 0.15) is 23.9 Å². The zero-order chi connectivity index (χ0) is 18.5. The van der Waals surface area contributed by atoms with Gasteiger partial charge in [-0.05, 0) is 54.4 Å². The van der Waals surface area contributed by atoms with Crippen LogP contribution in [0.25, 0.3) is 0 Å². The van der Waals surface area contributed by atoms with Crippen molar-refractivity contribution < 1.29 is 18.3 Å². The number of carbonyl (C=O) groups excluding carboxylic acids is 1. The fourth-order valence-corrected chi connectivity index (χ4v) is 2.56. The topological polar surface area (TPSA) is 42.7 Å². The lowest BCUT2D eigenvalue weighted by Gasteiger charge is -2.17. The third kappa shape index (κ3) is 4.30. The normalized spacial score (nSPS) is 10.6. The van der Waals surface area contributed by atoms with E-state index < -0.39 is 0 Å². The Bertz CT molecular complexity index is 886. The zero-order valence-electron chi connectivity index (χ0n) is 14.7. The Hall–Kier alpha value is -3.08. The Kier molecular flexibility index (Phi) is 5.37. The highest BCUT2D eigenvalue weighted by atomic mass is 19.1. The summed E-state index contributed by atoms with van der Waals surface area (Å²) in [4.78, 5) is 14.2. The molecular weight excluding hydrogens is 333 g/mol. The first-order chi connectivity index (χ1) is 12.5. The van der Waals surface area contributed by atoms with Crippen LogP contribution in [0.1, 0.15) is 27.4 Å². The van der Waals surface area contributed by atoms with E-state index in [0.29, 0.717) is 18.1 Å². The van der Waals surface area contributed by atoms with Gasteiger partial charge in [0.25, 0.3) is 5.91 Å². The molecular formula is C21H20FNO3. The molecule has 0 saturated heterocycles. The number of amides is 1. The van der Waals surface area contributed by atoms with E-state index >= 15 is 0 Å². The van der Waals surface area contributed by atoms with E-state index in [1.807, 2.05) is 31.2 Å². The summed E-state index contributed by atoms with van der Waals surface area (Å²) in [6, 6.07) is 17.0. The first-order valence-electron chi connectivity index (χ1n) is 8.30. The largest absolute Gasteiger partial charge is 0.486 e. The van der Waals surface area contributed by atoms with Crippen LogP contribution in [0.15, 0.2) is 65.1 Å². The van der Waals surface area contributed by atoms with E-state index in [0.717, 1.165) is 11.1 Å². The molecule has 0 N–H and O–H groups in total. The molecule has 0 atom stereocenters. The van der Waals surface area contributed by atoms with Crippen molar-refractivity contribution >= 4 is 5.91 Å². The summed E-state index contributed by atoms with van der Waals surface area (Å²) in [5, 5.41) is 0. The van der Waals surface area contributed by atoms with Crippen LogP contribution in [0, 0.1) is 12.7 Å². The second-order valence-corrected chi connectivity index (χ2v) is 6.10. The Morgan fingerprint density at radius 3 is 2.54 bits per heavy atom. The number of hydrogen-bond acceptors (Lipinski definition) is 3. The van der Waals surface area contributed by atoms with Crippen molar-refractivity contribution in [2.75, 3.05) is 7.05 Å². The molecule has 0 spiro atoms. The van der Waals surface area contributed by atoms with E-state index in [-0.39, 0.29) is 24.1 Å². The molecule has 2 aromatic carbocycles. The number of aryl methyl sites for hydroxylation is 1. The highest BCUT2D eigenvalue weighted by Crippen LogP contribution is 2.17. The van der Waals surface area contributed by atoms with Gasteiger partial charge in [0.2, 0.25) is 0 Å². The summed E-state index contributed by atoms with van der Waals surface area (Å²) >= 11 is 0. The minimum absolute atomic E-state index is 0.167. The lowest BCUT2D eigenvalue weighted by atomic mass is 10.1. The summed E-state index contributed by atoms with van der Waals surface area (Å²) in [5.41, 5.74) is 2.23. The molecule has 0 aliphatic heterocycles. The molecule has 0 fully saturated rings. The molecule has 0 aliphatic carbocycles. The molecule has 0 bridgehead atoms. The van der Waals surface area contributed by atoms with E-state index in [9.17, 15) is 9.18 Å². The average molecular weight is 353 g/mol. The molecule has 3 rings (SSSR count). The van der Waals surface area contributed by atoms with Gasteiger partial charge in [-0.1, -0.05) is 24.3 Å². The molecule has 134 valence electrons. The maximum atomic E-state index is 12.9. The van der Waals surface area contributed by atoms with Crippen molar-refractivity contribution in [3.05, 3.63) is 89.1 Å². The molecule has 1 aromatic heterocycles. The summed E-state index contributed by atoms with van der Waals surface area (Å²) in [5.74, 6) is 0.814. The standard InChI is InChI=1S/C21H20FNO3/c1-15-5-3-4-6-16(15)13-23(2)21(24)20-12-11-19(26-20)14-25-18-9-7-17(22)8-10-18/h3-12H,13-14H2,1-2H3. The third-order valence-corrected chi connectivity index (χ3v) is 4.08. The molecule has 1 amide bonds. The van der Waals surface area contributed by atoms with Crippen LogP contribution in [0.3, 0.4) is 0 Å². The average Bonchev–Trinajstić information content (AvgIpc) is 3.11. The van der Waals surface area contributed by atoms with Gasteiger partial charge in [-0.25, -0.2) is 4.39 Å². The van der Waals surface area contributed by atoms with Crippen LogP contribution >= 0.6 is 0 Å². The molecule has 0 saturated carbocycles. The van der Waals surface area contributed by atoms with Crippen molar-refractivity contribution in [2.24, 2.45) is 0 Å². The zero-order valence-corrected chi connectivity index (χ0v) is 14.7. The van der Waals surface area contributed by atoms with E-state index in [1.165, 1.54) is 12.1 Å².